The first-order chi connectivity index (χ1) is 15.7. The summed E-state index contributed by atoms with van der Waals surface area (Å²) in [6.07, 6.45) is 5.29. The van der Waals surface area contributed by atoms with Crippen molar-refractivity contribution in [2.24, 2.45) is 0 Å². The zero-order chi connectivity index (χ0) is 24.1. The van der Waals surface area contributed by atoms with E-state index in [0.29, 0.717) is 50.6 Å². The molecular weight excluding hydrogens is 494 g/mol. The quantitative estimate of drug-likeness (QED) is 0.596. The van der Waals surface area contributed by atoms with E-state index in [9.17, 15) is 14.4 Å². The van der Waals surface area contributed by atoms with Crippen LogP contribution >= 0.6 is 15.9 Å². The summed E-state index contributed by atoms with van der Waals surface area (Å²) >= 11 is 3.35. The molecule has 3 heterocycles. The molecule has 11 nitrogen and oxygen atoms in total. The lowest BCUT2D eigenvalue weighted by atomic mass is 10.2. The molecule has 2 aromatic rings. The molecule has 0 aliphatic carbocycles. The number of rotatable bonds is 7. The number of piperazine rings is 1. The molecule has 2 aromatic heterocycles. The molecule has 12 heteroatoms. The number of nitrogens with one attached hydrogen (secondary N) is 1. The SMILES string of the molecule is CCOC(=O)N1CCN(C(=O)C(C)n2cc(NC(=O)C(CC)n3cc(Br)cn3)c(C)n2)CC1. The highest BCUT2D eigenvalue weighted by atomic mass is 79.9. The monoisotopic (exact) mass is 523 g/mol. The molecule has 180 valence electrons. The highest BCUT2D eigenvalue weighted by Crippen LogP contribution is 2.21. The summed E-state index contributed by atoms with van der Waals surface area (Å²) in [6.45, 7) is 9.29. The Labute approximate surface area is 201 Å². The maximum absolute atomic E-state index is 13.0. The first-order valence-corrected chi connectivity index (χ1v) is 11.8. The van der Waals surface area contributed by atoms with Crippen LogP contribution in [-0.4, -0.2) is 80.1 Å². The molecule has 0 spiro atoms. The Kier molecular flexibility index (Phi) is 8.11. The van der Waals surface area contributed by atoms with Crippen molar-refractivity contribution < 1.29 is 19.1 Å². The minimum atomic E-state index is -0.549. The first-order valence-electron chi connectivity index (χ1n) is 11.0. The third kappa shape index (κ3) is 5.73. The topological polar surface area (TPSA) is 115 Å². The fourth-order valence-corrected chi connectivity index (χ4v) is 4.00. The van der Waals surface area contributed by atoms with Gasteiger partial charge in [0.2, 0.25) is 11.8 Å². The third-order valence-electron chi connectivity index (χ3n) is 5.62. The predicted octanol–water partition coefficient (Wildman–Crippen LogP) is 2.60. The molecule has 2 atom stereocenters. The fourth-order valence-electron chi connectivity index (χ4n) is 3.70. The molecule has 1 saturated heterocycles. The predicted molar refractivity (Wildman–Crippen MR) is 125 cm³/mol. The molecule has 3 rings (SSSR count). The summed E-state index contributed by atoms with van der Waals surface area (Å²) in [7, 11) is 0. The number of anilines is 1. The van der Waals surface area contributed by atoms with E-state index in [1.165, 1.54) is 0 Å². The Morgan fingerprint density at radius 2 is 1.79 bits per heavy atom. The summed E-state index contributed by atoms with van der Waals surface area (Å²) in [5, 5.41) is 11.6. The zero-order valence-electron chi connectivity index (χ0n) is 19.3. The van der Waals surface area contributed by atoms with Gasteiger partial charge in [-0.15, -0.1) is 0 Å². The number of aryl methyl sites for hydroxylation is 1. The van der Waals surface area contributed by atoms with Gasteiger partial charge in [-0.05, 0) is 43.1 Å². The van der Waals surface area contributed by atoms with Gasteiger partial charge in [0.15, 0.2) is 0 Å². The zero-order valence-corrected chi connectivity index (χ0v) is 20.9. The van der Waals surface area contributed by atoms with Gasteiger partial charge in [-0.3, -0.25) is 19.0 Å². The van der Waals surface area contributed by atoms with E-state index in [0.717, 1.165) is 4.47 Å². The highest BCUT2D eigenvalue weighted by Gasteiger charge is 2.29. The van der Waals surface area contributed by atoms with Gasteiger partial charge in [-0.25, -0.2) is 4.79 Å². The number of amides is 3. The Morgan fingerprint density at radius 1 is 1.12 bits per heavy atom. The first kappa shape index (κ1) is 24.7. The lowest BCUT2D eigenvalue weighted by molar-refractivity contribution is -0.136. The molecule has 33 heavy (non-hydrogen) atoms. The van der Waals surface area contributed by atoms with Crippen molar-refractivity contribution in [3.8, 4) is 0 Å². The summed E-state index contributed by atoms with van der Waals surface area (Å²) in [5.41, 5.74) is 1.17. The number of aromatic nitrogens is 4. The van der Waals surface area contributed by atoms with Crippen molar-refractivity contribution in [2.75, 3.05) is 38.1 Å². The number of carbonyl (C=O) groups excluding carboxylic acids is 3. The van der Waals surface area contributed by atoms with E-state index in [-0.39, 0.29) is 17.9 Å². The van der Waals surface area contributed by atoms with Gasteiger partial charge in [-0.1, -0.05) is 6.92 Å². The van der Waals surface area contributed by atoms with Crippen LogP contribution in [0.1, 0.15) is 45.0 Å². The fraction of sp³-hybridized carbons (Fsp3) is 0.571. The van der Waals surface area contributed by atoms with Crippen LogP contribution < -0.4 is 5.32 Å². The van der Waals surface area contributed by atoms with E-state index < -0.39 is 12.1 Å². The largest absolute Gasteiger partial charge is 0.450 e. The van der Waals surface area contributed by atoms with Crippen LogP contribution in [0.3, 0.4) is 0 Å². The van der Waals surface area contributed by atoms with Crippen molar-refractivity contribution >= 4 is 39.5 Å². The highest BCUT2D eigenvalue weighted by molar-refractivity contribution is 9.10. The molecular formula is C21H30BrN7O4. The van der Waals surface area contributed by atoms with E-state index in [4.69, 9.17) is 4.74 Å². The van der Waals surface area contributed by atoms with Crippen molar-refractivity contribution in [1.29, 1.82) is 0 Å². The summed E-state index contributed by atoms with van der Waals surface area (Å²) in [4.78, 5) is 41.1. The standard InChI is InChI=1S/C21H30BrN7O4/c1-5-18(29-12-16(22)11-23-29)19(30)24-17-13-28(25-14(17)3)15(4)20(31)26-7-9-27(10-8-26)21(32)33-6-2/h11-13,15,18H,5-10H2,1-4H3,(H,24,30). The maximum atomic E-state index is 13.0. The minimum absolute atomic E-state index is 0.0910. The third-order valence-corrected chi connectivity index (χ3v) is 6.03. The van der Waals surface area contributed by atoms with Crippen LogP contribution in [0.15, 0.2) is 23.1 Å². The molecule has 1 N–H and O–H groups in total. The lowest BCUT2D eigenvalue weighted by Gasteiger charge is -2.35. The molecule has 1 fully saturated rings. The Morgan fingerprint density at radius 3 is 2.36 bits per heavy atom. The second kappa shape index (κ2) is 10.8. The smallest absolute Gasteiger partial charge is 0.409 e. The normalized spacial score (nSPS) is 15.8. The van der Waals surface area contributed by atoms with Crippen LogP contribution in [0, 0.1) is 6.92 Å². The molecule has 0 saturated carbocycles. The Bertz CT molecular complexity index is 997. The van der Waals surface area contributed by atoms with Crippen molar-refractivity contribution in [3.05, 3.63) is 28.8 Å². The molecule has 1 aliphatic rings. The number of carbonyl (C=O) groups is 3. The number of hydrogen-bond donors (Lipinski definition) is 1. The summed E-state index contributed by atoms with van der Waals surface area (Å²) in [5.74, 6) is -0.295. The molecule has 0 radical (unpaired) electrons. The van der Waals surface area contributed by atoms with Crippen LogP contribution in [0.4, 0.5) is 10.5 Å². The molecule has 0 aromatic carbocycles. The van der Waals surface area contributed by atoms with Gasteiger partial charge < -0.3 is 19.9 Å². The van der Waals surface area contributed by atoms with Gasteiger partial charge in [0.05, 0.1) is 28.7 Å². The molecule has 1 aliphatic heterocycles. The average molecular weight is 524 g/mol. The van der Waals surface area contributed by atoms with Gasteiger partial charge in [-0.2, -0.15) is 10.2 Å². The van der Waals surface area contributed by atoms with E-state index >= 15 is 0 Å². The minimum Gasteiger partial charge on any atom is -0.450 e. The molecule has 2 unspecified atom stereocenters. The molecule has 3 amide bonds. The van der Waals surface area contributed by atoms with Gasteiger partial charge in [0, 0.05) is 38.6 Å². The Hall–Kier alpha value is -2.89. The number of nitrogens with zero attached hydrogens (tertiary/aromatic N) is 6. The summed E-state index contributed by atoms with van der Waals surface area (Å²) in [6, 6.07) is -1.01. The Balaban J connectivity index is 1.62. The van der Waals surface area contributed by atoms with Crippen molar-refractivity contribution in [2.45, 2.75) is 46.2 Å². The van der Waals surface area contributed by atoms with Crippen molar-refractivity contribution in [1.82, 2.24) is 29.4 Å². The second-order valence-corrected chi connectivity index (χ2v) is 8.76. The summed E-state index contributed by atoms with van der Waals surface area (Å²) < 4.78 is 9.00. The van der Waals surface area contributed by atoms with Crippen LogP contribution in [0.5, 0.6) is 0 Å². The number of hydrogen-bond acceptors (Lipinski definition) is 6. The molecule has 0 bridgehead atoms. The van der Waals surface area contributed by atoms with E-state index in [2.05, 4.69) is 31.4 Å². The second-order valence-electron chi connectivity index (χ2n) is 7.85. The number of ether oxygens (including phenoxy) is 1. The van der Waals surface area contributed by atoms with Crippen LogP contribution in [0.25, 0.3) is 0 Å². The van der Waals surface area contributed by atoms with Crippen molar-refractivity contribution in [3.63, 3.8) is 0 Å². The van der Waals surface area contributed by atoms with Gasteiger partial charge in [0.1, 0.15) is 12.1 Å². The van der Waals surface area contributed by atoms with Gasteiger partial charge in [0.25, 0.3) is 0 Å². The van der Waals surface area contributed by atoms with Crippen LogP contribution in [0.2, 0.25) is 0 Å². The maximum Gasteiger partial charge on any atom is 0.409 e. The lowest BCUT2D eigenvalue weighted by Crippen LogP contribution is -2.52. The van der Waals surface area contributed by atoms with E-state index in [1.807, 2.05) is 6.92 Å². The van der Waals surface area contributed by atoms with Crippen LogP contribution in [-0.2, 0) is 14.3 Å². The van der Waals surface area contributed by atoms with Gasteiger partial charge >= 0.3 is 6.09 Å². The average Bonchev–Trinajstić information content (AvgIpc) is 3.39. The van der Waals surface area contributed by atoms with E-state index in [1.54, 1.807) is 58.5 Å². The number of halogens is 1.